The van der Waals surface area contributed by atoms with E-state index in [0.717, 1.165) is 12.2 Å². The maximum Gasteiger partial charge on any atom is 0.122 e. The van der Waals surface area contributed by atoms with Gasteiger partial charge >= 0.3 is 0 Å². The van der Waals surface area contributed by atoms with Gasteiger partial charge in [-0.1, -0.05) is 30.3 Å². The van der Waals surface area contributed by atoms with Crippen LogP contribution < -0.4 is 4.74 Å². The molecule has 1 N–H and O–H groups in total. The molecular formula is C15H16O2. The Bertz CT molecular complexity index is 548. The van der Waals surface area contributed by atoms with E-state index in [9.17, 15) is 5.11 Å². The van der Waals surface area contributed by atoms with E-state index >= 15 is 0 Å². The molecule has 2 aromatic carbocycles. The van der Waals surface area contributed by atoms with Crippen molar-refractivity contribution < 1.29 is 9.84 Å². The summed E-state index contributed by atoms with van der Waals surface area (Å²) in [7, 11) is 1.71. The molecule has 2 nitrogen and oxygen atoms in total. The van der Waals surface area contributed by atoms with Crippen molar-refractivity contribution in [3.05, 3.63) is 42.0 Å². The Labute approximate surface area is 101 Å². The summed E-state index contributed by atoms with van der Waals surface area (Å²) in [5.74, 6) is 1.82. The summed E-state index contributed by atoms with van der Waals surface area (Å²) in [4.78, 5) is 0. The van der Waals surface area contributed by atoms with Crippen molar-refractivity contribution in [2.24, 2.45) is 5.92 Å². The minimum atomic E-state index is 0.275. The number of benzene rings is 2. The van der Waals surface area contributed by atoms with E-state index in [-0.39, 0.29) is 6.61 Å². The quantitative estimate of drug-likeness (QED) is 0.875. The summed E-state index contributed by atoms with van der Waals surface area (Å²) in [6.45, 7) is 0.275. The zero-order chi connectivity index (χ0) is 11.8. The van der Waals surface area contributed by atoms with Crippen LogP contribution in [0.3, 0.4) is 0 Å². The molecule has 2 heteroatoms. The van der Waals surface area contributed by atoms with Gasteiger partial charge < -0.3 is 9.84 Å². The van der Waals surface area contributed by atoms with Crippen LogP contribution in [0.15, 0.2) is 36.4 Å². The van der Waals surface area contributed by atoms with E-state index in [1.807, 2.05) is 6.07 Å². The first kappa shape index (κ1) is 10.6. The molecule has 1 fully saturated rings. The molecule has 0 radical (unpaired) electrons. The van der Waals surface area contributed by atoms with Crippen molar-refractivity contribution >= 4 is 10.8 Å². The summed E-state index contributed by atoms with van der Waals surface area (Å²) in [6, 6.07) is 12.5. The molecule has 2 aromatic rings. The van der Waals surface area contributed by atoms with Crippen molar-refractivity contribution in [3.8, 4) is 5.75 Å². The second-order valence-electron chi connectivity index (χ2n) is 4.69. The maximum absolute atomic E-state index is 9.23. The molecule has 0 saturated heterocycles. The van der Waals surface area contributed by atoms with Crippen LogP contribution in [-0.4, -0.2) is 18.8 Å². The summed E-state index contributed by atoms with van der Waals surface area (Å²) in [6.07, 6.45) is 1.07. The van der Waals surface area contributed by atoms with Gasteiger partial charge in [0, 0.05) is 12.2 Å². The van der Waals surface area contributed by atoms with Gasteiger partial charge in [-0.05, 0) is 35.1 Å². The van der Waals surface area contributed by atoms with E-state index in [2.05, 4.69) is 30.3 Å². The number of ether oxygens (including phenoxy) is 1. The Hall–Kier alpha value is -1.54. The zero-order valence-electron chi connectivity index (χ0n) is 9.89. The number of rotatable bonds is 3. The second-order valence-corrected chi connectivity index (χ2v) is 4.69. The van der Waals surface area contributed by atoms with Crippen LogP contribution in [-0.2, 0) is 0 Å². The fraction of sp³-hybridized carbons (Fsp3) is 0.333. The highest BCUT2D eigenvalue weighted by molar-refractivity contribution is 5.88. The molecule has 3 rings (SSSR count). The number of hydrogen-bond acceptors (Lipinski definition) is 2. The molecule has 88 valence electrons. The third-order valence-corrected chi connectivity index (χ3v) is 3.68. The summed E-state index contributed by atoms with van der Waals surface area (Å²) >= 11 is 0. The van der Waals surface area contributed by atoms with Gasteiger partial charge in [0.25, 0.3) is 0 Å². The Morgan fingerprint density at radius 3 is 2.76 bits per heavy atom. The fourth-order valence-corrected chi connectivity index (χ4v) is 2.64. The average molecular weight is 228 g/mol. The van der Waals surface area contributed by atoms with Gasteiger partial charge in [-0.25, -0.2) is 0 Å². The largest absolute Gasteiger partial charge is 0.496 e. The molecule has 1 aliphatic carbocycles. The predicted molar refractivity (Wildman–Crippen MR) is 68.4 cm³/mol. The third kappa shape index (κ3) is 1.69. The fourth-order valence-electron chi connectivity index (χ4n) is 2.64. The van der Waals surface area contributed by atoms with Crippen LogP contribution in [0.1, 0.15) is 17.9 Å². The normalized spacial score (nSPS) is 22.7. The first-order chi connectivity index (χ1) is 8.35. The van der Waals surface area contributed by atoms with Gasteiger partial charge in [-0.2, -0.15) is 0 Å². The van der Waals surface area contributed by atoms with Gasteiger partial charge in [0.05, 0.1) is 7.11 Å². The lowest BCUT2D eigenvalue weighted by atomic mass is 9.99. The lowest BCUT2D eigenvalue weighted by Crippen LogP contribution is -1.95. The Kier molecular flexibility index (Phi) is 2.52. The van der Waals surface area contributed by atoms with Crippen molar-refractivity contribution in [1.29, 1.82) is 0 Å². The highest BCUT2D eigenvalue weighted by Crippen LogP contribution is 2.52. The van der Waals surface area contributed by atoms with Crippen molar-refractivity contribution in [2.75, 3.05) is 13.7 Å². The number of methoxy groups -OCH3 is 1. The van der Waals surface area contributed by atoms with Gasteiger partial charge in [0.2, 0.25) is 0 Å². The molecule has 2 unspecified atom stereocenters. The molecule has 0 aliphatic heterocycles. The van der Waals surface area contributed by atoms with E-state index in [4.69, 9.17) is 4.74 Å². The molecule has 0 spiro atoms. The van der Waals surface area contributed by atoms with Crippen LogP contribution in [0.4, 0.5) is 0 Å². The van der Waals surface area contributed by atoms with Crippen LogP contribution in [0.5, 0.6) is 5.75 Å². The number of aliphatic hydroxyl groups is 1. The van der Waals surface area contributed by atoms with Gasteiger partial charge in [-0.3, -0.25) is 0 Å². The minimum Gasteiger partial charge on any atom is -0.496 e. The molecule has 1 saturated carbocycles. The smallest absolute Gasteiger partial charge is 0.122 e. The number of hydrogen-bond donors (Lipinski definition) is 1. The third-order valence-electron chi connectivity index (χ3n) is 3.68. The molecule has 17 heavy (non-hydrogen) atoms. The Morgan fingerprint density at radius 2 is 2.06 bits per heavy atom. The highest BCUT2D eigenvalue weighted by atomic mass is 16.5. The molecule has 0 aromatic heterocycles. The molecule has 0 heterocycles. The van der Waals surface area contributed by atoms with E-state index in [1.54, 1.807) is 7.11 Å². The van der Waals surface area contributed by atoms with Crippen LogP contribution in [0.25, 0.3) is 10.8 Å². The standard InChI is InChI=1S/C15H16O2/c1-17-14-7-6-10-4-2-3-5-12(10)15(14)13-8-11(13)9-16/h2-7,11,13,16H,8-9H2,1H3. The lowest BCUT2D eigenvalue weighted by molar-refractivity contribution is 0.273. The predicted octanol–water partition coefficient (Wildman–Crippen LogP) is 2.94. The SMILES string of the molecule is COc1ccc2ccccc2c1C1CC1CO. The highest BCUT2D eigenvalue weighted by Gasteiger charge is 2.40. The topological polar surface area (TPSA) is 29.5 Å². The molecule has 1 aliphatic rings. The summed E-state index contributed by atoms with van der Waals surface area (Å²) in [5, 5.41) is 11.7. The van der Waals surface area contributed by atoms with Crippen LogP contribution >= 0.6 is 0 Å². The summed E-state index contributed by atoms with van der Waals surface area (Å²) < 4.78 is 5.47. The molecular weight excluding hydrogens is 212 g/mol. The van der Waals surface area contributed by atoms with Gasteiger partial charge in [-0.15, -0.1) is 0 Å². The zero-order valence-corrected chi connectivity index (χ0v) is 9.89. The first-order valence-corrected chi connectivity index (χ1v) is 6.01. The van der Waals surface area contributed by atoms with Crippen LogP contribution in [0.2, 0.25) is 0 Å². The summed E-state index contributed by atoms with van der Waals surface area (Å²) in [5.41, 5.74) is 1.27. The monoisotopic (exact) mass is 228 g/mol. The minimum absolute atomic E-state index is 0.275. The first-order valence-electron chi connectivity index (χ1n) is 6.01. The molecule has 0 bridgehead atoms. The second kappa shape index (κ2) is 4.04. The van der Waals surface area contributed by atoms with E-state index < -0.39 is 0 Å². The Balaban J connectivity index is 2.18. The van der Waals surface area contributed by atoms with E-state index in [0.29, 0.717) is 11.8 Å². The average Bonchev–Trinajstić information content (AvgIpc) is 3.16. The Morgan fingerprint density at radius 1 is 1.24 bits per heavy atom. The van der Waals surface area contributed by atoms with E-state index in [1.165, 1.54) is 16.3 Å². The van der Waals surface area contributed by atoms with Gasteiger partial charge in [0.1, 0.15) is 5.75 Å². The molecule has 0 amide bonds. The maximum atomic E-state index is 9.23. The molecule has 2 atom stereocenters. The van der Waals surface area contributed by atoms with Gasteiger partial charge in [0.15, 0.2) is 0 Å². The number of aliphatic hydroxyl groups excluding tert-OH is 1. The van der Waals surface area contributed by atoms with Crippen molar-refractivity contribution in [3.63, 3.8) is 0 Å². The van der Waals surface area contributed by atoms with Crippen molar-refractivity contribution in [1.82, 2.24) is 0 Å². The lowest BCUT2D eigenvalue weighted by Gasteiger charge is -2.11. The van der Waals surface area contributed by atoms with Crippen LogP contribution in [0, 0.1) is 5.92 Å². The van der Waals surface area contributed by atoms with Crippen molar-refractivity contribution in [2.45, 2.75) is 12.3 Å². The number of fused-ring (bicyclic) bond motifs is 1.